The monoisotopic (exact) mass is 398 g/mol. The molecule has 3 rings (SSSR count). The van der Waals surface area contributed by atoms with Crippen molar-refractivity contribution in [1.82, 2.24) is 19.7 Å². The predicted molar refractivity (Wildman–Crippen MR) is 86.9 cm³/mol. The van der Waals surface area contributed by atoms with Crippen LogP contribution in [-0.2, 0) is 12.7 Å². The summed E-state index contributed by atoms with van der Waals surface area (Å²) in [5.41, 5.74) is -0.552. The van der Waals surface area contributed by atoms with E-state index in [9.17, 15) is 5.26 Å². The second-order valence-electron chi connectivity index (χ2n) is 5.46. The van der Waals surface area contributed by atoms with Crippen LogP contribution in [0.3, 0.4) is 0 Å². The highest BCUT2D eigenvalue weighted by molar-refractivity contribution is 9.10. The van der Waals surface area contributed by atoms with E-state index in [1.54, 1.807) is 17.7 Å². The van der Waals surface area contributed by atoms with Gasteiger partial charge in [0.2, 0.25) is 0 Å². The van der Waals surface area contributed by atoms with Gasteiger partial charge >= 0.3 is 0 Å². The number of hydrogen-bond acceptors (Lipinski definition) is 5. The van der Waals surface area contributed by atoms with E-state index in [0.717, 1.165) is 0 Å². The highest BCUT2D eigenvalue weighted by atomic mass is 79.9. The fourth-order valence-corrected chi connectivity index (χ4v) is 3.68. The summed E-state index contributed by atoms with van der Waals surface area (Å²) in [5, 5.41) is 17.2. The third-order valence-corrected chi connectivity index (χ3v) is 4.69. The topological polar surface area (TPSA) is 70.6 Å². The van der Waals surface area contributed by atoms with E-state index in [4.69, 9.17) is 11.6 Å². The van der Waals surface area contributed by atoms with Crippen LogP contribution in [0.15, 0.2) is 17.0 Å². The lowest BCUT2D eigenvalue weighted by atomic mass is 9.92. The lowest BCUT2D eigenvalue weighted by molar-refractivity contribution is 0.109. The van der Waals surface area contributed by atoms with Gasteiger partial charge < -0.3 is 9.47 Å². The van der Waals surface area contributed by atoms with Crippen LogP contribution in [0.25, 0.3) is 0 Å². The number of alkyl halides is 1. The Morgan fingerprint density at radius 1 is 1.43 bits per heavy atom. The molecule has 1 aliphatic heterocycles. The maximum absolute atomic E-state index is 15.2. The van der Waals surface area contributed by atoms with Crippen molar-refractivity contribution in [3.63, 3.8) is 0 Å². The number of piperidine rings is 1. The van der Waals surface area contributed by atoms with Gasteiger partial charge in [0, 0.05) is 33.0 Å². The summed E-state index contributed by atoms with van der Waals surface area (Å²) in [6.07, 6.45) is 1.99. The van der Waals surface area contributed by atoms with E-state index in [1.165, 1.54) is 6.33 Å². The molecule has 0 radical (unpaired) electrons. The predicted octanol–water partition coefficient (Wildman–Crippen LogP) is 2.96. The van der Waals surface area contributed by atoms with Crippen molar-refractivity contribution in [2.24, 2.45) is 7.05 Å². The van der Waals surface area contributed by atoms with Gasteiger partial charge in [-0.05, 0) is 22.0 Å². The Balaban J connectivity index is 1.86. The first-order valence-corrected chi connectivity index (χ1v) is 8.16. The van der Waals surface area contributed by atoms with E-state index in [1.807, 2.05) is 4.90 Å². The average Bonchev–Trinajstić information content (AvgIpc) is 2.95. The molecule has 6 nitrogen and oxygen atoms in total. The number of rotatable bonds is 2. The Morgan fingerprint density at radius 2 is 2.13 bits per heavy atom. The molecule has 1 saturated heterocycles. The van der Waals surface area contributed by atoms with Crippen LogP contribution in [0.1, 0.15) is 24.2 Å². The van der Waals surface area contributed by atoms with Crippen LogP contribution in [-0.4, -0.2) is 32.8 Å². The third-order valence-electron chi connectivity index (χ3n) is 4.02. The Bertz CT molecular complexity index is 778. The molecule has 120 valence electrons. The van der Waals surface area contributed by atoms with E-state index in [-0.39, 0.29) is 18.0 Å². The molecule has 0 bridgehead atoms. The van der Waals surface area contributed by atoms with Gasteiger partial charge in [-0.25, -0.2) is 9.37 Å². The van der Waals surface area contributed by atoms with Crippen molar-refractivity contribution in [3.8, 4) is 6.07 Å². The minimum absolute atomic E-state index is 0.237. The molecular formula is C14H13BrClFN6. The number of aryl methyl sites for hydroxylation is 1. The number of halogens is 3. The molecule has 0 spiro atoms. The first-order valence-electron chi connectivity index (χ1n) is 6.99. The van der Waals surface area contributed by atoms with Crippen molar-refractivity contribution in [1.29, 1.82) is 5.26 Å². The zero-order valence-corrected chi connectivity index (χ0v) is 14.6. The number of pyridine rings is 1. The number of anilines is 1. The standard InChI is InChI=1S/C14H13BrClFN6/c1-22-8-19-21-13(22)14(17)2-4-23(5-3-14)11-9(7-18)6-10(15)20-12(11)16/h6,8H,2-5H2,1H3. The van der Waals surface area contributed by atoms with Crippen LogP contribution < -0.4 is 4.90 Å². The molecule has 2 aromatic rings. The van der Waals surface area contributed by atoms with Crippen molar-refractivity contribution in [2.75, 3.05) is 18.0 Å². The number of nitrogens with zero attached hydrogens (tertiary/aromatic N) is 6. The quantitative estimate of drug-likeness (QED) is 0.726. The molecule has 0 N–H and O–H groups in total. The fraction of sp³-hybridized carbons (Fsp3) is 0.429. The molecule has 1 aliphatic rings. The van der Waals surface area contributed by atoms with E-state index < -0.39 is 5.67 Å². The van der Waals surface area contributed by atoms with E-state index >= 15 is 4.39 Å². The summed E-state index contributed by atoms with van der Waals surface area (Å²) in [4.78, 5) is 6.02. The molecule has 0 amide bonds. The maximum Gasteiger partial charge on any atom is 0.173 e. The lowest BCUT2D eigenvalue weighted by Gasteiger charge is -2.37. The summed E-state index contributed by atoms with van der Waals surface area (Å²) >= 11 is 9.41. The molecule has 0 aromatic carbocycles. The SMILES string of the molecule is Cn1cnnc1C1(F)CCN(c2c(C#N)cc(Br)nc2Cl)CC1. The lowest BCUT2D eigenvalue weighted by Crippen LogP contribution is -2.42. The molecule has 9 heteroatoms. The minimum Gasteiger partial charge on any atom is -0.368 e. The van der Waals surface area contributed by atoms with E-state index in [0.29, 0.717) is 34.8 Å². The Morgan fingerprint density at radius 3 is 2.70 bits per heavy atom. The Hall–Kier alpha value is -1.72. The van der Waals surface area contributed by atoms with Crippen molar-refractivity contribution in [2.45, 2.75) is 18.5 Å². The molecule has 0 saturated carbocycles. The zero-order chi connectivity index (χ0) is 16.6. The first-order chi connectivity index (χ1) is 10.9. The number of hydrogen-bond donors (Lipinski definition) is 0. The van der Waals surface area contributed by atoms with Gasteiger partial charge in [0.1, 0.15) is 17.0 Å². The molecule has 23 heavy (non-hydrogen) atoms. The largest absolute Gasteiger partial charge is 0.368 e. The van der Waals surface area contributed by atoms with Gasteiger partial charge in [0.05, 0.1) is 11.3 Å². The molecule has 2 aromatic heterocycles. The second kappa shape index (κ2) is 6.06. The molecule has 3 heterocycles. The molecule has 0 atom stereocenters. The number of nitriles is 1. The van der Waals surface area contributed by atoms with Gasteiger partial charge in [-0.1, -0.05) is 11.6 Å². The van der Waals surface area contributed by atoms with Crippen LogP contribution in [0.2, 0.25) is 5.15 Å². The highest BCUT2D eigenvalue weighted by Crippen LogP contribution is 2.39. The number of aromatic nitrogens is 4. The second-order valence-corrected chi connectivity index (χ2v) is 6.63. The van der Waals surface area contributed by atoms with Gasteiger partial charge in [0.15, 0.2) is 16.6 Å². The summed E-state index contributed by atoms with van der Waals surface area (Å²) in [7, 11) is 1.73. The summed E-state index contributed by atoms with van der Waals surface area (Å²) < 4.78 is 17.3. The summed E-state index contributed by atoms with van der Waals surface area (Å²) in [6.45, 7) is 0.835. The third kappa shape index (κ3) is 2.91. The zero-order valence-electron chi connectivity index (χ0n) is 12.3. The van der Waals surface area contributed by atoms with Crippen LogP contribution in [0.4, 0.5) is 10.1 Å². The minimum atomic E-state index is -1.52. The van der Waals surface area contributed by atoms with Gasteiger partial charge in [-0.15, -0.1) is 10.2 Å². The van der Waals surface area contributed by atoms with Crippen LogP contribution >= 0.6 is 27.5 Å². The molecular weight excluding hydrogens is 387 g/mol. The van der Waals surface area contributed by atoms with Crippen LogP contribution in [0, 0.1) is 11.3 Å². The fourth-order valence-electron chi connectivity index (χ4n) is 2.86. The smallest absolute Gasteiger partial charge is 0.173 e. The summed E-state index contributed by atoms with van der Waals surface area (Å²) in [5.74, 6) is 0.331. The highest BCUT2D eigenvalue weighted by Gasteiger charge is 2.40. The van der Waals surface area contributed by atoms with Gasteiger partial charge in [-0.2, -0.15) is 5.26 Å². The first kappa shape index (κ1) is 16.1. The van der Waals surface area contributed by atoms with Crippen LogP contribution in [0.5, 0.6) is 0 Å². The van der Waals surface area contributed by atoms with Crippen molar-refractivity contribution >= 4 is 33.2 Å². The molecule has 1 fully saturated rings. The van der Waals surface area contributed by atoms with Crippen molar-refractivity contribution in [3.05, 3.63) is 33.5 Å². The summed E-state index contributed by atoms with van der Waals surface area (Å²) in [6, 6.07) is 3.73. The van der Waals surface area contributed by atoms with E-state index in [2.05, 4.69) is 37.2 Å². The Kier molecular flexibility index (Phi) is 4.25. The van der Waals surface area contributed by atoms with Gasteiger partial charge in [0.25, 0.3) is 0 Å². The maximum atomic E-state index is 15.2. The Labute approximate surface area is 146 Å². The van der Waals surface area contributed by atoms with Gasteiger partial charge in [-0.3, -0.25) is 0 Å². The average molecular weight is 400 g/mol. The molecule has 0 aliphatic carbocycles. The molecule has 0 unspecified atom stereocenters. The van der Waals surface area contributed by atoms with Crippen molar-refractivity contribution < 1.29 is 4.39 Å². The normalized spacial score (nSPS) is 17.1.